The first kappa shape index (κ1) is 11.9. The average Bonchev–Trinajstić information content (AvgIpc) is 2.28. The maximum atomic E-state index is 10.6. The fourth-order valence-corrected chi connectivity index (χ4v) is 1.29. The van der Waals surface area contributed by atoms with Crippen LogP contribution in [0.1, 0.15) is 12.0 Å². The molecule has 5 heteroatoms. The molecule has 0 radical (unpaired) electrons. The molecule has 0 aliphatic heterocycles. The van der Waals surface area contributed by atoms with Gasteiger partial charge in [0.15, 0.2) is 0 Å². The van der Waals surface area contributed by atoms with Crippen molar-refractivity contribution in [2.75, 3.05) is 19.0 Å². The molecule has 1 aromatic rings. The smallest absolute Gasteiger partial charge is 0.219 e. The Morgan fingerprint density at radius 3 is 2.94 bits per heavy atom. The number of anilines is 1. The standard InChI is InChI=1S/C11H13N3O2/c1-16-9-4-2-3-8(7-12)11(9)14-6-5-10(13)15/h2-4,14H,5-6H2,1H3,(H2,13,15). The van der Waals surface area contributed by atoms with Crippen LogP contribution in [0.2, 0.25) is 0 Å². The summed E-state index contributed by atoms with van der Waals surface area (Å²) in [4.78, 5) is 10.6. The highest BCUT2D eigenvalue weighted by atomic mass is 16.5. The Hall–Kier alpha value is -2.22. The highest BCUT2D eigenvalue weighted by Crippen LogP contribution is 2.27. The predicted molar refractivity (Wildman–Crippen MR) is 60.0 cm³/mol. The minimum absolute atomic E-state index is 0.211. The van der Waals surface area contributed by atoms with Gasteiger partial charge in [-0.1, -0.05) is 6.07 Å². The molecule has 0 unspecified atom stereocenters. The molecule has 1 amide bonds. The number of hydrogen-bond donors (Lipinski definition) is 2. The number of ether oxygens (including phenoxy) is 1. The van der Waals surface area contributed by atoms with E-state index in [-0.39, 0.29) is 12.3 Å². The molecule has 0 saturated carbocycles. The molecule has 16 heavy (non-hydrogen) atoms. The molecule has 0 bridgehead atoms. The number of nitrogens with one attached hydrogen (secondary N) is 1. The Morgan fingerprint density at radius 1 is 1.62 bits per heavy atom. The molecule has 84 valence electrons. The monoisotopic (exact) mass is 219 g/mol. The van der Waals surface area contributed by atoms with Crippen LogP contribution in [-0.4, -0.2) is 19.6 Å². The van der Waals surface area contributed by atoms with E-state index < -0.39 is 0 Å². The van der Waals surface area contributed by atoms with Crippen molar-refractivity contribution < 1.29 is 9.53 Å². The second-order valence-corrected chi connectivity index (χ2v) is 3.14. The maximum absolute atomic E-state index is 10.6. The zero-order chi connectivity index (χ0) is 12.0. The second-order valence-electron chi connectivity index (χ2n) is 3.14. The first-order valence-corrected chi connectivity index (χ1v) is 4.78. The average molecular weight is 219 g/mol. The van der Waals surface area contributed by atoms with Gasteiger partial charge >= 0.3 is 0 Å². The fourth-order valence-electron chi connectivity index (χ4n) is 1.29. The molecule has 0 heterocycles. The van der Waals surface area contributed by atoms with Crippen molar-refractivity contribution in [2.45, 2.75) is 6.42 Å². The number of nitriles is 1. The van der Waals surface area contributed by atoms with E-state index in [4.69, 9.17) is 15.7 Å². The number of nitrogens with two attached hydrogens (primary N) is 1. The van der Waals surface area contributed by atoms with Gasteiger partial charge < -0.3 is 15.8 Å². The number of carbonyl (C=O) groups is 1. The third-order valence-corrected chi connectivity index (χ3v) is 2.04. The van der Waals surface area contributed by atoms with Crippen molar-refractivity contribution in [3.63, 3.8) is 0 Å². The molecule has 0 spiro atoms. The summed E-state index contributed by atoms with van der Waals surface area (Å²) in [6, 6.07) is 7.20. The van der Waals surface area contributed by atoms with Crippen molar-refractivity contribution >= 4 is 11.6 Å². The van der Waals surface area contributed by atoms with E-state index in [0.29, 0.717) is 23.5 Å². The van der Waals surface area contributed by atoms with Gasteiger partial charge in [-0.2, -0.15) is 5.26 Å². The van der Waals surface area contributed by atoms with Gasteiger partial charge in [-0.3, -0.25) is 4.79 Å². The normalized spacial score (nSPS) is 9.25. The van der Waals surface area contributed by atoms with Gasteiger partial charge in [0.25, 0.3) is 0 Å². The zero-order valence-electron chi connectivity index (χ0n) is 8.99. The van der Waals surface area contributed by atoms with E-state index in [0.717, 1.165) is 0 Å². The number of benzene rings is 1. The number of methoxy groups -OCH3 is 1. The largest absolute Gasteiger partial charge is 0.495 e. The lowest BCUT2D eigenvalue weighted by Gasteiger charge is -2.11. The Morgan fingerprint density at radius 2 is 2.38 bits per heavy atom. The summed E-state index contributed by atoms with van der Waals surface area (Å²) < 4.78 is 5.12. The minimum Gasteiger partial charge on any atom is -0.495 e. The van der Waals surface area contributed by atoms with E-state index in [2.05, 4.69) is 5.32 Å². The first-order chi connectivity index (χ1) is 7.69. The molecule has 0 aromatic heterocycles. The van der Waals surface area contributed by atoms with Gasteiger partial charge in [0.05, 0.1) is 18.4 Å². The van der Waals surface area contributed by atoms with E-state index >= 15 is 0 Å². The molecule has 3 N–H and O–H groups in total. The lowest BCUT2D eigenvalue weighted by Crippen LogP contribution is -2.16. The van der Waals surface area contributed by atoms with E-state index in [1.165, 1.54) is 7.11 Å². The summed E-state index contributed by atoms with van der Waals surface area (Å²) in [5, 5.41) is 11.9. The lowest BCUT2D eigenvalue weighted by molar-refractivity contribution is -0.117. The van der Waals surface area contributed by atoms with Crippen molar-refractivity contribution in [2.24, 2.45) is 5.73 Å². The Balaban J connectivity index is 2.84. The Kier molecular flexibility index (Phi) is 4.16. The number of para-hydroxylation sites is 1. The summed E-state index contributed by atoms with van der Waals surface area (Å²) >= 11 is 0. The summed E-state index contributed by atoms with van der Waals surface area (Å²) in [6.45, 7) is 0.379. The first-order valence-electron chi connectivity index (χ1n) is 4.78. The number of hydrogen-bond acceptors (Lipinski definition) is 4. The fraction of sp³-hybridized carbons (Fsp3) is 0.273. The molecular formula is C11H13N3O2. The third kappa shape index (κ3) is 2.89. The van der Waals surface area contributed by atoms with Crippen LogP contribution in [0.25, 0.3) is 0 Å². The van der Waals surface area contributed by atoms with Crippen LogP contribution in [-0.2, 0) is 4.79 Å². The molecule has 1 rings (SSSR count). The zero-order valence-corrected chi connectivity index (χ0v) is 8.99. The van der Waals surface area contributed by atoms with Gasteiger partial charge in [0.2, 0.25) is 5.91 Å². The minimum atomic E-state index is -0.388. The van der Waals surface area contributed by atoms with Crippen LogP contribution in [0.15, 0.2) is 18.2 Å². The van der Waals surface area contributed by atoms with Crippen molar-refractivity contribution in [3.8, 4) is 11.8 Å². The Bertz CT molecular complexity index is 424. The van der Waals surface area contributed by atoms with E-state index in [1.807, 2.05) is 6.07 Å². The number of carbonyl (C=O) groups excluding carboxylic acids is 1. The third-order valence-electron chi connectivity index (χ3n) is 2.04. The molecule has 0 aliphatic rings. The van der Waals surface area contributed by atoms with Crippen LogP contribution >= 0.6 is 0 Å². The molecule has 1 aromatic carbocycles. The van der Waals surface area contributed by atoms with Crippen molar-refractivity contribution in [3.05, 3.63) is 23.8 Å². The lowest BCUT2D eigenvalue weighted by atomic mass is 10.1. The van der Waals surface area contributed by atoms with E-state index in [9.17, 15) is 4.79 Å². The molecular weight excluding hydrogens is 206 g/mol. The van der Waals surface area contributed by atoms with E-state index in [1.54, 1.807) is 18.2 Å². The topological polar surface area (TPSA) is 88.1 Å². The molecule has 0 aliphatic carbocycles. The van der Waals surface area contributed by atoms with Gasteiger partial charge in [-0.25, -0.2) is 0 Å². The molecule has 0 saturated heterocycles. The Labute approximate surface area is 93.8 Å². The SMILES string of the molecule is COc1cccc(C#N)c1NCCC(N)=O. The highest BCUT2D eigenvalue weighted by Gasteiger charge is 2.08. The van der Waals surface area contributed by atoms with Crippen LogP contribution in [0.5, 0.6) is 5.75 Å². The van der Waals surface area contributed by atoms with Crippen LogP contribution < -0.4 is 15.8 Å². The van der Waals surface area contributed by atoms with Crippen molar-refractivity contribution in [1.82, 2.24) is 0 Å². The molecule has 5 nitrogen and oxygen atoms in total. The van der Waals surface area contributed by atoms with Crippen LogP contribution in [0, 0.1) is 11.3 Å². The quantitative estimate of drug-likeness (QED) is 0.768. The molecule has 0 atom stereocenters. The summed E-state index contributed by atoms with van der Waals surface area (Å²) in [5.41, 5.74) is 6.09. The van der Waals surface area contributed by atoms with Gasteiger partial charge in [-0.05, 0) is 12.1 Å². The second kappa shape index (κ2) is 5.61. The number of rotatable bonds is 5. The van der Waals surface area contributed by atoms with Crippen LogP contribution in [0.3, 0.4) is 0 Å². The highest BCUT2D eigenvalue weighted by molar-refractivity contribution is 5.75. The number of amides is 1. The number of primary amides is 1. The van der Waals surface area contributed by atoms with Crippen molar-refractivity contribution in [1.29, 1.82) is 5.26 Å². The van der Waals surface area contributed by atoms with Gasteiger partial charge in [0, 0.05) is 13.0 Å². The maximum Gasteiger partial charge on any atom is 0.219 e. The van der Waals surface area contributed by atoms with Gasteiger partial charge in [-0.15, -0.1) is 0 Å². The van der Waals surface area contributed by atoms with Gasteiger partial charge in [0.1, 0.15) is 11.8 Å². The van der Waals surface area contributed by atoms with Crippen LogP contribution in [0.4, 0.5) is 5.69 Å². The summed E-state index contributed by atoms with van der Waals surface area (Å²) in [6.07, 6.45) is 0.211. The number of nitrogens with zero attached hydrogens (tertiary/aromatic N) is 1. The summed E-state index contributed by atoms with van der Waals surface area (Å²) in [7, 11) is 1.52. The molecule has 0 fully saturated rings. The predicted octanol–water partition coefficient (Wildman–Crippen LogP) is 0.854. The summed E-state index contributed by atoms with van der Waals surface area (Å²) in [5.74, 6) is 0.185.